The minimum absolute atomic E-state index is 0.144. The van der Waals surface area contributed by atoms with Gasteiger partial charge in [0.2, 0.25) is 0 Å². The van der Waals surface area contributed by atoms with Crippen molar-refractivity contribution in [2.75, 3.05) is 18.8 Å². The summed E-state index contributed by atoms with van der Waals surface area (Å²) in [6, 6.07) is 5.08. The molecule has 0 bridgehead atoms. The van der Waals surface area contributed by atoms with Crippen molar-refractivity contribution in [2.45, 2.75) is 13.3 Å². The van der Waals surface area contributed by atoms with Crippen LogP contribution in [-0.4, -0.2) is 23.9 Å². The number of hydrogen-bond donors (Lipinski definition) is 1. The molecule has 92 valence electrons. The first-order chi connectivity index (χ1) is 8.11. The molecule has 3 nitrogen and oxygen atoms in total. The highest BCUT2D eigenvalue weighted by molar-refractivity contribution is 6.34. The molecule has 1 aromatic carbocycles. The van der Waals surface area contributed by atoms with E-state index in [9.17, 15) is 4.79 Å². The van der Waals surface area contributed by atoms with Crippen LogP contribution < -0.4 is 5.73 Å². The van der Waals surface area contributed by atoms with Crippen molar-refractivity contribution in [2.24, 2.45) is 0 Å². The van der Waals surface area contributed by atoms with Crippen molar-refractivity contribution in [3.8, 4) is 0 Å². The smallest absolute Gasteiger partial charge is 0.257 e. The van der Waals surface area contributed by atoms with Crippen molar-refractivity contribution in [1.82, 2.24) is 4.90 Å². The minimum Gasteiger partial charge on any atom is -0.398 e. The monoisotopic (exact) mass is 252 g/mol. The van der Waals surface area contributed by atoms with Crippen LogP contribution in [0, 0.1) is 0 Å². The van der Waals surface area contributed by atoms with Crippen LogP contribution in [0.25, 0.3) is 0 Å². The van der Waals surface area contributed by atoms with E-state index in [0.29, 0.717) is 29.4 Å². The molecule has 1 amide bonds. The third-order valence-electron chi connectivity index (χ3n) is 2.39. The van der Waals surface area contributed by atoms with Gasteiger partial charge in [0.15, 0.2) is 0 Å². The third-order valence-corrected chi connectivity index (χ3v) is 2.70. The molecule has 0 aliphatic carbocycles. The van der Waals surface area contributed by atoms with E-state index in [1.807, 2.05) is 6.92 Å². The van der Waals surface area contributed by atoms with Gasteiger partial charge in [-0.15, -0.1) is 6.58 Å². The second kappa shape index (κ2) is 6.30. The lowest BCUT2D eigenvalue weighted by Gasteiger charge is -2.21. The van der Waals surface area contributed by atoms with Crippen LogP contribution in [0.5, 0.6) is 0 Å². The van der Waals surface area contributed by atoms with Crippen molar-refractivity contribution in [3.05, 3.63) is 41.4 Å². The summed E-state index contributed by atoms with van der Waals surface area (Å²) in [6.07, 6.45) is 2.57. The van der Waals surface area contributed by atoms with E-state index in [-0.39, 0.29) is 5.91 Å². The van der Waals surface area contributed by atoms with Crippen LogP contribution >= 0.6 is 11.6 Å². The topological polar surface area (TPSA) is 46.3 Å². The number of carbonyl (C=O) groups excluding carboxylic acids is 1. The fourth-order valence-electron chi connectivity index (χ4n) is 1.63. The molecule has 4 heteroatoms. The van der Waals surface area contributed by atoms with Gasteiger partial charge in [0.25, 0.3) is 5.91 Å². The summed E-state index contributed by atoms with van der Waals surface area (Å²) < 4.78 is 0. The zero-order valence-corrected chi connectivity index (χ0v) is 10.7. The van der Waals surface area contributed by atoms with Gasteiger partial charge in [0.1, 0.15) is 0 Å². The molecule has 17 heavy (non-hydrogen) atoms. The number of benzene rings is 1. The lowest BCUT2D eigenvalue weighted by molar-refractivity contribution is 0.0775. The van der Waals surface area contributed by atoms with Gasteiger partial charge in [0, 0.05) is 18.8 Å². The van der Waals surface area contributed by atoms with Gasteiger partial charge in [-0.25, -0.2) is 0 Å². The van der Waals surface area contributed by atoms with Crippen LogP contribution in [0.1, 0.15) is 23.7 Å². The second-order valence-electron chi connectivity index (χ2n) is 3.74. The summed E-state index contributed by atoms with van der Waals surface area (Å²) in [5.41, 5.74) is 6.58. The van der Waals surface area contributed by atoms with Crippen LogP contribution in [0.15, 0.2) is 30.9 Å². The minimum atomic E-state index is -0.144. The summed E-state index contributed by atoms with van der Waals surface area (Å²) in [5, 5.41) is 0.389. The SMILES string of the molecule is C=CCN(CCC)C(=O)c1c(N)cccc1Cl. The Labute approximate surface area is 107 Å². The van der Waals surface area contributed by atoms with Crippen LogP contribution in [0.2, 0.25) is 5.02 Å². The number of amides is 1. The molecule has 0 fully saturated rings. The molecule has 0 unspecified atom stereocenters. The molecule has 0 atom stereocenters. The highest BCUT2D eigenvalue weighted by Crippen LogP contribution is 2.23. The van der Waals surface area contributed by atoms with Crippen molar-refractivity contribution < 1.29 is 4.79 Å². The summed E-state index contributed by atoms with van der Waals surface area (Å²) in [4.78, 5) is 14.0. The maximum Gasteiger partial charge on any atom is 0.257 e. The number of nitrogens with two attached hydrogens (primary N) is 1. The number of nitrogen functional groups attached to an aromatic ring is 1. The van der Waals surface area contributed by atoms with E-state index in [1.165, 1.54) is 0 Å². The maximum absolute atomic E-state index is 12.3. The number of anilines is 1. The van der Waals surface area contributed by atoms with Crippen molar-refractivity contribution in [3.63, 3.8) is 0 Å². The van der Waals surface area contributed by atoms with Crippen LogP contribution in [0.3, 0.4) is 0 Å². The predicted octanol–water partition coefficient (Wildman–Crippen LogP) is 2.96. The Bertz CT molecular complexity index is 398. The lowest BCUT2D eigenvalue weighted by Crippen LogP contribution is -2.32. The number of carbonyl (C=O) groups is 1. The van der Waals surface area contributed by atoms with E-state index in [4.69, 9.17) is 17.3 Å². The third kappa shape index (κ3) is 3.24. The fourth-order valence-corrected chi connectivity index (χ4v) is 1.89. The predicted molar refractivity (Wildman–Crippen MR) is 72.3 cm³/mol. The maximum atomic E-state index is 12.3. The first kappa shape index (κ1) is 13.6. The first-order valence-corrected chi connectivity index (χ1v) is 5.93. The summed E-state index contributed by atoms with van der Waals surface area (Å²) in [7, 11) is 0. The summed E-state index contributed by atoms with van der Waals surface area (Å²) >= 11 is 6.02. The Morgan fingerprint density at radius 3 is 2.82 bits per heavy atom. The molecule has 0 aliphatic rings. The summed E-state index contributed by atoms with van der Waals surface area (Å²) in [6.45, 7) is 6.82. The quantitative estimate of drug-likeness (QED) is 0.647. The lowest BCUT2D eigenvalue weighted by atomic mass is 10.1. The van der Waals surface area contributed by atoms with E-state index >= 15 is 0 Å². The van der Waals surface area contributed by atoms with Gasteiger partial charge >= 0.3 is 0 Å². The Morgan fingerprint density at radius 2 is 2.29 bits per heavy atom. The Morgan fingerprint density at radius 1 is 1.59 bits per heavy atom. The van der Waals surface area contributed by atoms with Crippen LogP contribution in [0.4, 0.5) is 5.69 Å². The van der Waals surface area contributed by atoms with Gasteiger partial charge in [-0.05, 0) is 18.6 Å². The number of nitrogens with zero attached hydrogens (tertiary/aromatic N) is 1. The average molecular weight is 253 g/mol. The molecular weight excluding hydrogens is 236 g/mol. The molecule has 0 radical (unpaired) electrons. The largest absolute Gasteiger partial charge is 0.398 e. The molecule has 0 saturated carbocycles. The van der Waals surface area contributed by atoms with Gasteiger partial charge in [0.05, 0.1) is 10.6 Å². The molecule has 1 rings (SSSR count). The van der Waals surface area contributed by atoms with Crippen molar-refractivity contribution in [1.29, 1.82) is 0 Å². The van der Waals surface area contributed by atoms with Crippen LogP contribution in [-0.2, 0) is 0 Å². The molecule has 2 N–H and O–H groups in total. The molecule has 1 aromatic rings. The zero-order valence-electron chi connectivity index (χ0n) is 9.95. The Hall–Kier alpha value is -1.48. The molecule has 0 saturated heterocycles. The Balaban J connectivity index is 3.04. The number of hydrogen-bond acceptors (Lipinski definition) is 2. The van der Waals surface area contributed by atoms with E-state index in [2.05, 4.69) is 6.58 Å². The first-order valence-electron chi connectivity index (χ1n) is 5.56. The van der Waals surface area contributed by atoms with E-state index in [0.717, 1.165) is 6.42 Å². The standard InChI is InChI=1S/C13H17ClN2O/c1-3-8-16(9-4-2)13(17)12-10(14)6-5-7-11(12)15/h3,5-7H,1,4,8-9,15H2,2H3. The molecule has 0 aromatic heterocycles. The van der Waals surface area contributed by atoms with E-state index in [1.54, 1.807) is 29.2 Å². The molecule has 0 spiro atoms. The van der Waals surface area contributed by atoms with Gasteiger partial charge < -0.3 is 10.6 Å². The van der Waals surface area contributed by atoms with Gasteiger partial charge in [-0.3, -0.25) is 4.79 Å². The van der Waals surface area contributed by atoms with Crippen molar-refractivity contribution >= 4 is 23.2 Å². The zero-order chi connectivity index (χ0) is 12.8. The van der Waals surface area contributed by atoms with Gasteiger partial charge in [-0.2, -0.15) is 0 Å². The highest BCUT2D eigenvalue weighted by atomic mass is 35.5. The normalized spacial score (nSPS) is 10.0. The second-order valence-corrected chi connectivity index (χ2v) is 4.15. The number of halogens is 1. The molecule has 0 heterocycles. The fraction of sp³-hybridized carbons (Fsp3) is 0.308. The highest BCUT2D eigenvalue weighted by Gasteiger charge is 2.19. The average Bonchev–Trinajstić information content (AvgIpc) is 2.28. The van der Waals surface area contributed by atoms with Gasteiger partial charge in [-0.1, -0.05) is 30.7 Å². The summed E-state index contributed by atoms with van der Waals surface area (Å²) in [5.74, 6) is -0.144. The van der Waals surface area contributed by atoms with E-state index < -0.39 is 0 Å². The number of rotatable bonds is 5. The molecular formula is C13H17ClN2O. The molecule has 0 aliphatic heterocycles. The Kier molecular flexibility index (Phi) is 5.04.